The topological polar surface area (TPSA) is 58.6 Å². The van der Waals surface area contributed by atoms with Crippen molar-refractivity contribution in [1.29, 1.82) is 0 Å². The van der Waals surface area contributed by atoms with Crippen LogP contribution in [0.2, 0.25) is 0 Å². The van der Waals surface area contributed by atoms with Crippen molar-refractivity contribution in [2.75, 3.05) is 26.2 Å². The average molecular weight is 316 g/mol. The molecule has 1 aliphatic heterocycles. The van der Waals surface area contributed by atoms with Gasteiger partial charge in [-0.1, -0.05) is 30.3 Å². The molecular weight excluding hydrogens is 301 g/mol. The minimum absolute atomic E-state index is 0.183. The van der Waals surface area contributed by atoms with E-state index in [0.717, 1.165) is 0 Å². The van der Waals surface area contributed by atoms with E-state index in [9.17, 15) is 22.8 Å². The van der Waals surface area contributed by atoms with Crippen molar-refractivity contribution >= 4 is 11.8 Å². The molecule has 0 aromatic heterocycles. The molecule has 1 aromatic rings. The van der Waals surface area contributed by atoms with Gasteiger partial charge in [-0.25, -0.2) is 0 Å². The normalized spacial score (nSPS) is 17.0. The zero-order valence-corrected chi connectivity index (χ0v) is 11.6. The molecule has 8 heteroatoms. The summed E-state index contributed by atoms with van der Waals surface area (Å²) in [5, 5.41) is 2.55. The average Bonchev–Trinajstić information content (AvgIpc) is 2.47. The minimum Gasteiger partial charge on any atom is -0.354 e. The number of hydrogen-bond donors (Lipinski definition) is 1. The van der Waals surface area contributed by atoms with Crippen LogP contribution in [0.4, 0.5) is 13.2 Å². The van der Waals surface area contributed by atoms with Crippen molar-refractivity contribution in [2.24, 2.45) is 0 Å². The van der Waals surface area contributed by atoms with Crippen molar-refractivity contribution in [3.8, 4) is 0 Å². The highest BCUT2D eigenvalue weighted by molar-refractivity contribution is 5.88. The first-order valence-corrected chi connectivity index (χ1v) is 6.65. The van der Waals surface area contributed by atoms with E-state index in [1.54, 1.807) is 18.2 Å². The molecule has 1 heterocycles. The third-order valence-corrected chi connectivity index (χ3v) is 3.09. The summed E-state index contributed by atoms with van der Waals surface area (Å²) in [6.07, 6.45) is -5.92. The molecule has 22 heavy (non-hydrogen) atoms. The first-order valence-electron chi connectivity index (χ1n) is 6.65. The van der Waals surface area contributed by atoms with Crippen molar-refractivity contribution in [3.05, 3.63) is 35.9 Å². The highest BCUT2D eigenvalue weighted by Crippen LogP contribution is 2.24. The monoisotopic (exact) mass is 316 g/mol. The van der Waals surface area contributed by atoms with Gasteiger partial charge in [0.05, 0.1) is 6.54 Å². The first-order chi connectivity index (χ1) is 10.4. The third kappa shape index (κ3) is 4.45. The largest absolute Gasteiger partial charge is 0.411 e. The molecule has 0 radical (unpaired) electrons. The molecule has 1 aliphatic rings. The highest BCUT2D eigenvalue weighted by atomic mass is 19.4. The van der Waals surface area contributed by atoms with Gasteiger partial charge in [0.2, 0.25) is 5.91 Å². The fourth-order valence-electron chi connectivity index (χ4n) is 2.11. The molecule has 1 N–H and O–H groups in total. The molecule has 1 fully saturated rings. The number of piperazine rings is 1. The maximum atomic E-state index is 12.4. The summed E-state index contributed by atoms with van der Waals surface area (Å²) < 4.78 is 42.0. The zero-order valence-electron chi connectivity index (χ0n) is 11.6. The zero-order chi connectivity index (χ0) is 16.2. The first kappa shape index (κ1) is 16.3. The molecule has 2 amide bonds. The summed E-state index contributed by atoms with van der Waals surface area (Å²) in [6.45, 7) is -1.20. The van der Waals surface area contributed by atoms with Gasteiger partial charge in [-0.2, -0.15) is 13.2 Å². The Kier molecular flexibility index (Phi) is 5.02. The molecule has 1 saturated heterocycles. The second-order valence-electron chi connectivity index (χ2n) is 4.83. The van der Waals surface area contributed by atoms with Gasteiger partial charge in [0.15, 0.2) is 6.10 Å². The Morgan fingerprint density at radius 2 is 2.00 bits per heavy atom. The van der Waals surface area contributed by atoms with Crippen LogP contribution in [0.3, 0.4) is 0 Å². The quantitative estimate of drug-likeness (QED) is 0.910. The van der Waals surface area contributed by atoms with Gasteiger partial charge in [0.25, 0.3) is 5.91 Å². The molecule has 0 bridgehead atoms. The Balaban J connectivity index is 2.16. The number of alkyl halides is 3. The van der Waals surface area contributed by atoms with Crippen LogP contribution in [0.1, 0.15) is 11.7 Å². The van der Waals surface area contributed by atoms with E-state index in [1.807, 2.05) is 0 Å². The van der Waals surface area contributed by atoms with Crippen molar-refractivity contribution in [1.82, 2.24) is 10.2 Å². The molecule has 0 saturated carbocycles. The van der Waals surface area contributed by atoms with E-state index >= 15 is 0 Å². The Hall–Kier alpha value is -2.09. The SMILES string of the molecule is O=C1CN(C(=O)C(OCC(F)(F)F)c2ccccc2)CCN1. The lowest BCUT2D eigenvalue weighted by molar-refractivity contribution is -0.191. The molecule has 2 rings (SSSR count). The van der Waals surface area contributed by atoms with Crippen molar-refractivity contribution < 1.29 is 27.5 Å². The number of amides is 2. The van der Waals surface area contributed by atoms with Crippen molar-refractivity contribution in [2.45, 2.75) is 12.3 Å². The lowest BCUT2D eigenvalue weighted by Crippen LogP contribution is -2.51. The maximum absolute atomic E-state index is 12.4. The Morgan fingerprint density at radius 1 is 1.32 bits per heavy atom. The summed E-state index contributed by atoms with van der Waals surface area (Å²) in [5.41, 5.74) is 0.322. The molecule has 0 spiro atoms. The van der Waals surface area contributed by atoms with E-state index in [-0.39, 0.29) is 25.5 Å². The Morgan fingerprint density at radius 3 is 2.59 bits per heavy atom. The number of hydrogen-bond acceptors (Lipinski definition) is 3. The van der Waals surface area contributed by atoms with Gasteiger partial charge in [-0.15, -0.1) is 0 Å². The fraction of sp³-hybridized carbons (Fsp3) is 0.429. The van der Waals surface area contributed by atoms with Crippen LogP contribution in [0.5, 0.6) is 0 Å². The minimum atomic E-state index is -4.54. The van der Waals surface area contributed by atoms with Crippen molar-refractivity contribution in [3.63, 3.8) is 0 Å². The van der Waals surface area contributed by atoms with E-state index in [1.165, 1.54) is 17.0 Å². The number of rotatable bonds is 4. The van der Waals surface area contributed by atoms with Gasteiger partial charge in [0.1, 0.15) is 6.61 Å². The fourth-order valence-corrected chi connectivity index (χ4v) is 2.11. The molecule has 1 aromatic carbocycles. The number of ether oxygens (including phenoxy) is 1. The number of carbonyl (C=O) groups excluding carboxylic acids is 2. The highest BCUT2D eigenvalue weighted by Gasteiger charge is 2.34. The standard InChI is InChI=1S/C14H15F3N2O3/c15-14(16,17)9-22-12(10-4-2-1-3-5-10)13(21)19-7-6-18-11(20)8-19/h1-5,12H,6-9H2,(H,18,20). The molecule has 120 valence electrons. The van der Waals surface area contributed by atoms with Gasteiger partial charge >= 0.3 is 6.18 Å². The number of benzene rings is 1. The summed E-state index contributed by atoms with van der Waals surface area (Å²) in [4.78, 5) is 24.9. The Labute approximate surface area is 125 Å². The number of nitrogens with one attached hydrogen (secondary N) is 1. The van der Waals surface area contributed by atoms with E-state index in [4.69, 9.17) is 4.74 Å². The number of nitrogens with zero attached hydrogens (tertiary/aromatic N) is 1. The number of halogens is 3. The third-order valence-electron chi connectivity index (χ3n) is 3.09. The lowest BCUT2D eigenvalue weighted by Gasteiger charge is -2.30. The van der Waals surface area contributed by atoms with Crippen LogP contribution in [-0.4, -0.2) is 49.1 Å². The predicted molar refractivity (Wildman–Crippen MR) is 70.8 cm³/mol. The van der Waals surface area contributed by atoms with Gasteiger partial charge in [-0.05, 0) is 5.56 Å². The molecular formula is C14H15F3N2O3. The van der Waals surface area contributed by atoms with Gasteiger partial charge < -0.3 is 15.0 Å². The van der Waals surface area contributed by atoms with E-state index in [0.29, 0.717) is 5.56 Å². The summed E-state index contributed by atoms with van der Waals surface area (Å²) in [7, 11) is 0. The Bertz CT molecular complexity index is 534. The number of carbonyl (C=O) groups is 2. The van der Waals surface area contributed by atoms with Gasteiger partial charge in [0, 0.05) is 13.1 Å². The van der Waals surface area contributed by atoms with Crippen LogP contribution in [0.15, 0.2) is 30.3 Å². The van der Waals surface area contributed by atoms with E-state index in [2.05, 4.69) is 5.32 Å². The summed E-state index contributed by atoms with van der Waals surface area (Å²) in [5.74, 6) is -0.993. The van der Waals surface area contributed by atoms with Crippen LogP contribution in [0, 0.1) is 0 Å². The van der Waals surface area contributed by atoms with Crippen LogP contribution in [-0.2, 0) is 14.3 Å². The maximum Gasteiger partial charge on any atom is 0.411 e. The van der Waals surface area contributed by atoms with Crippen LogP contribution < -0.4 is 5.32 Å². The molecule has 0 aliphatic carbocycles. The second kappa shape index (κ2) is 6.78. The van der Waals surface area contributed by atoms with Crippen LogP contribution in [0.25, 0.3) is 0 Å². The molecule has 5 nitrogen and oxygen atoms in total. The van der Waals surface area contributed by atoms with Crippen LogP contribution >= 0.6 is 0 Å². The summed E-state index contributed by atoms with van der Waals surface area (Å²) >= 11 is 0. The lowest BCUT2D eigenvalue weighted by atomic mass is 10.1. The summed E-state index contributed by atoms with van der Waals surface area (Å²) in [6, 6.07) is 7.93. The predicted octanol–water partition coefficient (Wildman–Crippen LogP) is 1.27. The molecule has 1 atom stereocenters. The van der Waals surface area contributed by atoms with E-state index < -0.39 is 24.8 Å². The second-order valence-corrected chi connectivity index (χ2v) is 4.83. The molecule has 1 unspecified atom stereocenters. The smallest absolute Gasteiger partial charge is 0.354 e. The van der Waals surface area contributed by atoms with Gasteiger partial charge in [-0.3, -0.25) is 9.59 Å².